The molecule has 0 aliphatic carbocycles. The summed E-state index contributed by atoms with van der Waals surface area (Å²) in [6.45, 7) is 19.8. The molecule has 0 amide bonds. The fraction of sp³-hybridized carbons (Fsp3) is 1.00. The highest BCUT2D eigenvalue weighted by molar-refractivity contribution is 4.69. The maximum absolute atomic E-state index is 5.50. The zero-order valence-corrected chi connectivity index (χ0v) is 22.8. The van der Waals surface area contributed by atoms with Gasteiger partial charge >= 0.3 is 0 Å². The third-order valence-electron chi connectivity index (χ3n) is 4.23. The van der Waals surface area contributed by atoms with Gasteiger partial charge in [-0.1, -0.05) is 6.92 Å². The van der Waals surface area contributed by atoms with Gasteiger partial charge in [0.1, 0.15) is 0 Å². The SMILES string of the molecule is CCCOCCOCCOCCOCCOCCOCCOCCOCCOCCNC(C)(C)C. The van der Waals surface area contributed by atoms with Crippen molar-refractivity contribution in [2.45, 2.75) is 39.7 Å². The highest BCUT2D eigenvalue weighted by Crippen LogP contribution is 1.96. The van der Waals surface area contributed by atoms with Crippen molar-refractivity contribution in [3.8, 4) is 0 Å². The summed E-state index contributed by atoms with van der Waals surface area (Å²) in [7, 11) is 0. The Labute approximate surface area is 213 Å². The molecule has 0 heterocycles. The van der Waals surface area contributed by atoms with Crippen LogP contribution in [0.4, 0.5) is 0 Å². The first-order valence-electron chi connectivity index (χ1n) is 13.0. The molecule has 0 fully saturated rings. The Kier molecular flexibility index (Phi) is 27.9. The molecule has 0 rings (SSSR count). The van der Waals surface area contributed by atoms with Gasteiger partial charge < -0.3 is 47.9 Å². The maximum Gasteiger partial charge on any atom is 0.0701 e. The number of ether oxygens (including phenoxy) is 9. The van der Waals surface area contributed by atoms with Crippen molar-refractivity contribution in [2.24, 2.45) is 0 Å². The molecule has 10 nitrogen and oxygen atoms in total. The molecule has 0 saturated heterocycles. The lowest BCUT2D eigenvalue weighted by atomic mass is 10.1. The Balaban J connectivity index is 3.03. The number of rotatable bonds is 29. The van der Waals surface area contributed by atoms with Crippen molar-refractivity contribution < 1.29 is 42.6 Å². The van der Waals surface area contributed by atoms with Gasteiger partial charge in [-0.3, -0.25) is 0 Å². The van der Waals surface area contributed by atoms with Gasteiger partial charge in [0.25, 0.3) is 0 Å². The molecule has 0 spiro atoms. The minimum Gasteiger partial charge on any atom is -0.379 e. The van der Waals surface area contributed by atoms with E-state index < -0.39 is 0 Å². The van der Waals surface area contributed by atoms with Crippen molar-refractivity contribution in [3.63, 3.8) is 0 Å². The summed E-state index contributed by atoms with van der Waals surface area (Å²) in [6, 6.07) is 0. The zero-order chi connectivity index (χ0) is 25.7. The second-order valence-electron chi connectivity index (χ2n) is 8.69. The van der Waals surface area contributed by atoms with Crippen LogP contribution in [-0.2, 0) is 42.6 Å². The molecule has 0 atom stereocenters. The predicted octanol–water partition coefficient (Wildman–Crippen LogP) is 1.93. The molecule has 0 aromatic rings. The van der Waals surface area contributed by atoms with Crippen LogP contribution >= 0.6 is 0 Å². The summed E-state index contributed by atoms with van der Waals surface area (Å²) in [5.41, 5.74) is 0.124. The van der Waals surface area contributed by atoms with Gasteiger partial charge in [0.05, 0.1) is 112 Å². The number of hydrogen-bond donors (Lipinski definition) is 1. The van der Waals surface area contributed by atoms with E-state index >= 15 is 0 Å². The summed E-state index contributed by atoms with van der Waals surface area (Å²) < 4.78 is 48.9. The molecular formula is C25H53NO9. The summed E-state index contributed by atoms with van der Waals surface area (Å²) >= 11 is 0. The summed E-state index contributed by atoms with van der Waals surface area (Å²) in [5.74, 6) is 0. The number of nitrogens with one attached hydrogen (secondary N) is 1. The normalized spacial score (nSPS) is 12.0. The van der Waals surface area contributed by atoms with Crippen LogP contribution < -0.4 is 5.32 Å². The molecular weight excluding hydrogens is 458 g/mol. The average Bonchev–Trinajstić information content (AvgIpc) is 2.82. The largest absolute Gasteiger partial charge is 0.379 e. The molecule has 0 saturated carbocycles. The highest BCUT2D eigenvalue weighted by atomic mass is 16.6. The van der Waals surface area contributed by atoms with Gasteiger partial charge in [0.15, 0.2) is 0 Å². The van der Waals surface area contributed by atoms with Crippen LogP contribution in [0.2, 0.25) is 0 Å². The van der Waals surface area contributed by atoms with E-state index in [1.54, 1.807) is 0 Å². The molecule has 10 heteroatoms. The van der Waals surface area contributed by atoms with E-state index in [1.807, 2.05) is 0 Å². The van der Waals surface area contributed by atoms with Crippen molar-refractivity contribution in [1.82, 2.24) is 5.32 Å². The maximum atomic E-state index is 5.50. The van der Waals surface area contributed by atoms with E-state index in [0.717, 1.165) is 19.6 Å². The van der Waals surface area contributed by atoms with Crippen LogP contribution in [0.1, 0.15) is 34.1 Å². The minimum absolute atomic E-state index is 0.124. The standard InChI is InChI=1S/C25H53NO9/c1-5-7-27-9-11-29-13-15-31-17-19-33-21-23-35-24-22-34-20-18-32-16-14-30-12-10-28-8-6-26-25(2,3)4/h26H,5-24H2,1-4H3. The third-order valence-corrected chi connectivity index (χ3v) is 4.23. The van der Waals surface area contributed by atoms with Crippen molar-refractivity contribution in [1.29, 1.82) is 0 Å². The number of hydrogen-bond acceptors (Lipinski definition) is 10. The molecule has 35 heavy (non-hydrogen) atoms. The quantitative estimate of drug-likeness (QED) is 0.150. The fourth-order valence-electron chi connectivity index (χ4n) is 2.50. The Hall–Kier alpha value is -0.400. The molecule has 0 aliphatic rings. The van der Waals surface area contributed by atoms with Crippen LogP contribution in [-0.4, -0.2) is 131 Å². The molecule has 0 aromatic carbocycles. The van der Waals surface area contributed by atoms with E-state index in [0.29, 0.717) is 112 Å². The zero-order valence-electron chi connectivity index (χ0n) is 22.8. The van der Waals surface area contributed by atoms with Crippen molar-refractivity contribution >= 4 is 0 Å². The molecule has 0 aliphatic heterocycles. The lowest BCUT2D eigenvalue weighted by Crippen LogP contribution is -2.38. The fourth-order valence-corrected chi connectivity index (χ4v) is 2.50. The molecule has 0 aromatic heterocycles. The van der Waals surface area contributed by atoms with Crippen LogP contribution in [0.3, 0.4) is 0 Å². The van der Waals surface area contributed by atoms with Crippen LogP contribution in [0.25, 0.3) is 0 Å². The summed E-state index contributed by atoms with van der Waals surface area (Å²) in [5, 5.41) is 3.37. The van der Waals surface area contributed by atoms with Gasteiger partial charge in [0.2, 0.25) is 0 Å². The Morgan fingerprint density at radius 2 is 0.600 bits per heavy atom. The van der Waals surface area contributed by atoms with Crippen molar-refractivity contribution in [2.75, 3.05) is 125 Å². The van der Waals surface area contributed by atoms with E-state index in [4.69, 9.17) is 42.6 Å². The monoisotopic (exact) mass is 511 g/mol. The van der Waals surface area contributed by atoms with E-state index in [1.165, 1.54) is 0 Å². The van der Waals surface area contributed by atoms with E-state index in [-0.39, 0.29) is 5.54 Å². The van der Waals surface area contributed by atoms with E-state index in [2.05, 4.69) is 33.0 Å². The van der Waals surface area contributed by atoms with Gasteiger partial charge in [0, 0.05) is 18.7 Å². The lowest BCUT2D eigenvalue weighted by Gasteiger charge is -2.20. The first-order chi connectivity index (χ1) is 17.1. The Morgan fingerprint density at radius 1 is 0.371 bits per heavy atom. The lowest BCUT2D eigenvalue weighted by molar-refractivity contribution is -0.0249. The van der Waals surface area contributed by atoms with Gasteiger partial charge in [-0.25, -0.2) is 0 Å². The summed E-state index contributed by atoms with van der Waals surface area (Å²) in [4.78, 5) is 0. The predicted molar refractivity (Wildman–Crippen MR) is 135 cm³/mol. The molecule has 1 N–H and O–H groups in total. The Bertz CT molecular complexity index is 398. The smallest absolute Gasteiger partial charge is 0.0701 e. The highest BCUT2D eigenvalue weighted by Gasteiger charge is 2.06. The average molecular weight is 512 g/mol. The first kappa shape index (κ1) is 34.6. The van der Waals surface area contributed by atoms with Crippen LogP contribution in [0, 0.1) is 0 Å². The molecule has 0 radical (unpaired) electrons. The minimum atomic E-state index is 0.124. The topological polar surface area (TPSA) is 95.1 Å². The third kappa shape index (κ3) is 33.6. The first-order valence-corrected chi connectivity index (χ1v) is 13.0. The van der Waals surface area contributed by atoms with E-state index in [9.17, 15) is 0 Å². The van der Waals surface area contributed by atoms with Crippen LogP contribution in [0.15, 0.2) is 0 Å². The second kappa shape index (κ2) is 28.2. The summed E-state index contributed by atoms with van der Waals surface area (Å²) in [6.07, 6.45) is 1.03. The molecule has 0 unspecified atom stereocenters. The van der Waals surface area contributed by atoms with Gasteiger partial charge in [-0.05, 0) is 27.2 Å². The van der Waals surface area contributed by atoms with Crippen molar-refractivity contribution in [3.05, 3.63) is 0 Å². The molecule has 0 bridgehead atoms. The molecule has 212 valence electrons. The Morgan fingerprint density at radius 3 is 0.829 bits per heavy atom. The van der Waals surface area contributed by atoms with Gasteiger partial charge in [-0.15, -0.1) is 0 Å². The second-order valence-corrected chi connectivity index (χ2v) is 8.69. The van der Waals surface area contributed by atoms with Crippen LogP contribution in [0.5, 0.6) is 0 Å². The van der Waals surface area contributed by atoms with Gasteiger partial charge in [-0.2, -0.15) is 0 Å².